The molecular weight excluding hydrogens is 415 g/mol. The van der Waals surface area contributed by atoms with Crippen LogP contribution in [0.4, 0.5) is 24.7 Å². The summed E-state index contributed by atoms with van der Waals surface area (Å²) >= 11 is 0. The highest BCUT2D eigenvalue weighted by atomic mass is 19.4. The van der Waals surface area contributed by atoms with Crippen LogP contribution in [0.3, 0.4) is 0 Å². The molecule has 158 valence electrons. The second-order valence-electron chi connectivity index (χ2n) is 7.17. The highest BCUT2D eigenvalue weighted by Gasteiger charge is 2.39. The average Bonchev–Trinajstić information content (AvgIpc) is 3.02. The number of pyridine rings is 1. The number of nitrogens with one attached hydrogen (secondary N) is 1. The van der Waals surface area contributed by atoms with Crippen LogP contribution >= 0.6 is 0 Å². The zero-order chi connectivity index (χ0) is 22.5. The molecule has 3 heterocycles. The number of anilines is 1. The lowest BCUT2D eigenvalue weighted by Gasteiger charge is -2.29. The number of imide groups is 1. The second-order valence-corrected chi connectivity index (χ2v) is 7.17. The van der Waals surface area contributed by atoms with Crippen molar-refractivity contribution in [1.29, 1.82) is 0 Å². The van der Waals surface area contributed by atoms with Crippen LogP contribution < -0.4 is 11.1 Å². The molecule has 2 aliphatic rings. The molecule has 1 saturated heterocycles. The molecule has 1 unspecified atom stereocenters. The third-order valence-corrected chi connectivity index (χ3v) is 5.26. The summed E-state index contributed by atoms with van der Waals surface area (Å²) in [7, 11) is 0. The van der Waals surface area contributed by atoms with Gasteiger partial charge in [-0.25, -0.2) is 9.83 Å². The number of alkyl halides is 3. The van der Waals surface area contributed by atoms with Crippen molar-refractivity contribution in [2.45, 2.75) is 31.6 Å². The van der Waals surface area contributed by atoms with Gasteiger partial charge in [0.1, 0.15) is 11.9 Å². The smallest absolute Gasteiger partial charge is 0.392 e. The number of nitrogen functional groups attached to an aromatic ring is 1. The van der Waals surface area contributed by atoms with Gasteiger partial charge in [-0.1, -0.05) is 6.07 Å². The van der Waals surface area contributed by atoms with Crippen LogP contribution in [0.15, 0.2) is 24.3 Å². The van der Waals surface area contributed by atoms with E-state index >= 15 is 0 Å². The topological polar surface area (TPSA) is 110 Å². The van der Waals surface area contributed by atoms with E-state index in [4.69, 9.17) is 12.3 Å². The number of carbonyl (C=O) groups is 3. The number of aromatic nitrogens is 1. The lowest BCUT2D eigenvalue weighted by atomic mass is 10.0. The first-order chi connectivity index (χ1) is 14.6. The quantitative estimate of drug-likeness (QED) is 0.564. The second kappa shape index (κ2) is 7.09. The number of fused-ring (bicyclic) bond motifs is 1. The molecular formula is C20H14F3N5O3. The fourth-order valence-corrected chi connectivity index (χ4v) is 3.77. The van der Waals surface area contributed by atoms with Crippen LogP contribution in [-0.2, 0) is 22.3 Å². The molecule has 2 aliphatic heterocycles. The number of carbonyl (C=O) groups excluding carboxylic acids is 3. The highest BCUT2D eigenvalue weighted by molar-refractivity contribution is 6.05. The van der Waals surface area contributed by atoms with Gasteiger partial charge in [-0.3, -0.25) is 19.7 Å². The third-order valence-electron chi connectivity index (χ3n) is 5.26. The van der Waals surface area contributed by atoms with E-state index in [-0.39, 0.29) is 30.6 Å². The summed E-state index contributed by atoms with van der Waals surface area (Å²) in [6, 6.07) is 4.35. The van der Waals surface area contributed by atoms with Crippen molar-refractivity contribution in [1.82, 2.24) is 15.2 Å². The molecule has 0 bridgehead atoms. The van der Waals surface area contributed by atoms with Gasteiger partial charge >= 0.3 is 6.18 Å². The Kier molecular flexibility index (Phi) is 4.65. The van der Waals surface area contributed by atoms with Gasteiger partial charge in [0, 0.05) is 24.1 Å². The number of hydrogen-bond donors (Lipinski definition) is 2. The molecule has 0 spiro atoms. The summed E-state index contributed by atoms with van der Waals surface area (Å²) in [6.45, 7) is 7.03. The summed E-state index contributed by atoms with van der Waals surface area (Å²) in [5.74, 6) is -1.90. The zero-order valence-electron chi connectivity index (χ0n) is 15.8. The van der Waals surface area contributed by atoms with Gasteiger partial charge in [-0.2, -0.15) is 13.2 Å². The van der Waals surface area contributed by atoms with E-state index in [1.165, 1.54) is 23.1 Å². The molecule has 8 nitrogen and oxygen atoms in total. The Bertz CT molecular complexity index is 1190. The first-order valence-corrected chi connectivity index (χ1v) is 9.13. The van der Waals surface area contributed by atoms with Crippen molar-refractivity contribution in [3.63, 3.8) is 0 Å². The number of amides is 3. The lowest BCUT2D eigenvalue weighted by Crippen LogP contribution is -2.52. The van der Waals surface area contributed by atoms with E-state index in [9.17, 15) is 27.6 Å². The van der Waals surface area contributed by atoms with Crippen molar-refractivity contribution >= 4 is 29.2 Å². The Morgan fingerprint density at radius 2 is 1.97 bits per heavy atom. The maximum absolute atomic E-state index is 13.4. The van der Waals surface area contributed by atoms with E-state index < -0.39 is 47.0 Å². The molecule has 0 radical (unpaired) electrons. The fraction of sp³-hybridized carbons (Fsp3) is 0.250. The fourth-order valence-electron chi connectivity index (χ4n) is 3.77. The number of hydrogen-bond acceptors (Lipinski definition) is 5. The number of piperidine rings is 1. The minimum absolute atomic E-state index is 0.0655. The van der Waals surface area contributed by atoms with E-state index in [2.05, 4.69) is 15.1 Å². The van der Waals surface area contributed by atoms with Crippen LogP contribution in [0.25, 0.3) is 16.1 Å². The molecule has 1 atom stereocenters. The van der Waals surface area contributed by atoms with Crippen molar-refractivity contribution < 1.29 is 27.6 Å². The standard InChI is InChI=1S/C20H14F3N5O3/c1-25-16-12(20(21,22)23)7-13(26-17(16)24)9-2-3-11-10(6-9)8-28(19(11)31)14-4-5-15(29)27-18(14)30/h2-3,6-7,14H,4-5,8H2,(H2,24,26)(H,27,29,30). The molecule has 3 N–H and O–H groups in total. The molecule has 3 amide bonds. The Balaban J connectivity index is 1.70. The monoisotopic (exact) mass is 429 g/mol. The Hall–Kier alpha value is -3.94. The van der Waals surface area contributed by atoms with Crippen molar-refractivity contribution in [2.24, 2.45) is 0 Å². The van der Waals surface area contributed by atoms with Crippen LogP contribution in [0, 0.1) is 6.57 Å². The third kappa shape index (κ3) is 3.46. The maximum atomic E-state index is 13.4. The summed E-state index contributed by atoms with van der Waals surface area (Å²) in [5.41, 5.74) is 4.65. The SMILES string of the molecule is [C-]#[N+]c1c(C(F)(F)F)cc(-c2ccc3c(c2)CN(C2CCC(=O)NC2=O)C3=O)nc1N. The molecule has 0 saturated carbocycles. The van der Waals surface area contributed by atoms with Gasteiger partial charge in [-0.05, 0) is 30.2 Å². The number of rotatable bonds is 2. The summed E-state index contributed by atoms with van der Waals surface area (Å²) < 4.78 is 40.1. The Morgan fingerprint density at radius 3 is 2.61 bits per heavy atom. The van der Waals surface area contributed by atoms with Crippen molar-refractivity contribution in [2.75, 3.05) is 5.73 Å². The predicted octanol–water partition coefficient (Wildman–Crippen LogP) is 2.66. The van der Waals surface area contributed by atoms with Crippen LogP contribution in [0.5, 0.6) is 0 Å². The van der Waals surface area contributed by atoms with Crippen molar-refractivity contribution in [3.05, 3.63) is 52.4 Å². The normalized spacial score (nSPS) is 18.6. The number of halogens is 3. The summed E-state index contributed by atoms with van der Waals surface area (Å²) in [5, 5.41) is 2.20. The van der Waals surface area contributed by atoms with Crippen LogP contribution in [0.2, 0.25) is 0 Å². The maximum Gasteiger partial charge on any atom is 0.407 e. The number of nitrogens with two attached hydrogens (primary N) is 1. The highest BCUT2D eigenvalue weighted by Crippen LogP contribution is 2.41. The number of nitrogens with zero attached hydrogens (tertiary/aromatic N) is 3. The Labute approximate surface area is 173 Å². The van der Waals surface area contributed by atoms with E-state index in [1.807, 2.05) is 0 Å². The molecule has 1 aromatic carbocycles. The van der Waals surface area contributed by atoms with E-state index in [0.29, 0.717) is 11.1 Å². The molecule has 11 heteroatoms. The molecule has 4 rings (SSSR count). The van der Waals surface area contributed by atoms with Gasteiger partial charge in [0.15, 0.2) is 0 Å². The Morgan fingerprint density at radius 1 is 1.23 bits per heavy atom. The molecule has 1 fully saturated rings. The van der Waals surface area contributed by atoms with Crippen molar-refractivity contribution in [3.8, 4) is 11.3 Å². The number of benzene rings is 1. The minimum atomic E-state index is -4.79. The zero-order valence-corrected chi connectivity index (χ0v) is 15.8. The lowest BCUT2D eigenvalue weighted by molar-refractivity contribution is -0.138. The van der Waals surface area contributed by atoms with Crippen LogP contribution in [0.1, 0.15) is 34.3 Å². The molecule has 0 aliphatic carbocycles. The predicted molar refractivity (Wildman–Crippen MR) is 101 cm³/mol. The summed E-state index contributed by atoms with van der Waals surface area (Å²) in [4.78, 5) is 44.3. The van der Waals surface area contributed by atoms with Gasteiger partial charge in [0.2, 0.25) is 17.5 Å². The van der Waals surface area contributed by atoms with Gasteiger partial charge in [0.25, 0.3) is 5.91 Å². The first kappa shape index (κ1) is 20.3. The minimum Gasteiger partial charge on any atom is -0.392 e. The molecule has 2 aromatic rings. The van der Waals surface area contributed by atoms with E-state index in [1.54, 1.807) is 0 Å². The molecule has 31 heavy (non-hydrogen) atoms. The first-order valence-electron chi connectivity index (χ1n) is 9.13. The molecule has 1 aromatic heterocycles. The van der Waals surface area contributed by atoms with E-state index in [0.717, 1.165) is 6.07 Å². The largest absolute Gasteiger partial charge is 0.407 e. The van der Waals surface area contributed by atoms with Gasteiger partial charge in [0.05, 0.1) is 17.8 Å². The summed E-state index contributed by atoms with van der Waals surface area (Å²) in [6.07, 6.45) is -4.48. The average molecular weight is 429 g/mol. The van der Waals surface area contributed by atoms with Gasteiger partial charge < -0.3 is 10.6 Å². The van der Waals surface area contributed by atoms with Gasteiger partial charge in [-0.15, -0.1) is 0 Å². The van der Waals surface area contributed by atoms with Crippen LogP contribution in [-0.4, -0.2) is 33.6 Å².